The molecule has 0 radical (unpaired) electrons. The third-order valence-electron chi connectivity index (χ3n) is 3.43. The molecule has 0 bridgehead atoms. The summed E-state index contributed by atoms with van der Waals surface area (Å²) in [6.45, 7) is 1.87. The normalized spacial score (nSPS) is 18.6. The van der Waals surface area contributed by atoms with Gasteiger partial charge in [-0.15, -0.1) is 0 Å². The SMILES string of the molecule is CC(=O)c1cc(C(=O)N2CCCC2C(=O)O)n(C)c1. The molecule has 2 heterocycles. The smallest absolute Gasteiger partial charge is 0.326 e. The first-order valence-electron chi connectivity index (χ1n) is 6.13. The van der Waals surface area contributed by atoms with Gasteiger partial charge in [-0.25, -0.2) is 4.79 Å². The molecule has 6 nitrogen and oxygen atoms in total. The van der Waals surface area contributed by atoms with Gasteiger partial charge in [-0.05, 0) is 25.8 Å². The van der Waals surface area contributed by atoms with E-state index in [1.807, 2.05) is 0 Å². The molecule has 0 saturated carbocycles. The Labute approximate surface area is 110 Å². The van der Waals surface area contributed by atoms with Crippen LogP contribution in [-0.2, 0) is 11.8 Å². The van der Waals surface area contributed by atoms with Gasteiger partial charge in [0.15, 0.2) is 5.78 Å². The summed E-state index contributed by atoms with van der Waals surface area (Å²) < 4.78 is 1.57. The van der Waals surface area contributed by atoms with Crippen molar-refractivity contribution < 1.29 is 19.5 Å². The lowest BCUT2D eigenvalue weighted by Gasteiger charge is -2.21. The van der Waals surface area contributed by atoms with Crippen LogP contribution in [0.5, 0.6) is 0 Å². The summed E-state index contributed by atoms with van der Waals surface area (Å²) in [6, 6.07) is 0.755. The molecule has 1 N–H and O–H groups in total. The van der Waals surface area contributed by atoms with E-state index in [1.165, 1.54) is 17.9 Å². The molecule has 1 fully saturated rings. The Bertz CT molecular complexity index is 547. The average molecular weight is 264 g/mol. The molecular formula is C13H16N2O4. The van der Waals surface area contributed by atoms with Crippen molar-refractivity contribution in [3.05, 3.63) is 23.5 Å². The topological polar surface area (TPSA) is 79.6 Å². The van der Waals surface area contributed by atoms with Crippen molar-refractivity contribution in [1.82, 2.24) is 9.47 Å². The zero-order chi connectivity index (χ0) is 14.2. The highest BCUT2D eigenvalue weighted by Gasteiger charge is 2.35. The van der Waals surface area contributed by atoms with Crippen LogP contribution in [0, 0.1) is 0 Å². The van der Waals surface area contributed by atoms with Gasteiger partial charge < -0.3 is 14.6 Å². The fourth-order valence-electron chi connectivity index (χ4n) is 2.38. The van der Waals surface area contributed by atoms with E-state index in [4.69, 9.17) is 5.11 Å². The van der Waals surface area contributed by atoms with Crippen LogP contribution in [0.1, 0.15) is 40.6 Å². The highest BCUT2D eigenvalue weighted by molar-refractivity contribution is 6.00. The van der Waals surface area contributed by atoms with Crippen LogP contribution in [0.3, 0.4) is 0 Å². The summed E-state index contributed by atoms with van der Waals surface area (Å²) in [5, 5.41) is 9.09. The monoisotopic (exact) mass is 264 g/mol. The first-order valence-corrected chi connectivity index (χ1v) is 6.13. The summed E-state index contributed by atoms with van der Waals surface area (Å²) >= 11 is 0. The Kier molecular flexibility index (Phi) is 3.42. The second-order valence-corrected chi connectivity index (χ2v) is 4.78. The highest BCUT2D eigenvalue weighted by atomic mass is 16.4. The van der Waals surface area contributed by atoms with Crippen LogP contribution in [0.2, 0.25) is 0 Å². The Morgan fingerprint density at radius 3 is 2.58 bits per heavy atom. The van der Waals surface area contributed by atoms with Crippen LogP contribution < -0.4 is 0 Å². The van der Waals surface area contributed by atoms with E-state index < -0.39 is 12.0 Å². The van der Waals surface area contributed by atoms with Gasteiger partial charge in [-0.3, -0.25) is 9.59 Å². The molecule has 102 valence electrons. The molecular weight excluding hydrogens is 248 g/mol. The van der Waals surface area contributed by atoms with Crippen LogP contribution in [0.4, 0.5) is 0 Å². The van der Waals surface area contributed by atoms with Gasteiger partial charge in [0, 0.05) is 25.4 Å². The first kappa shape index (κ1) is 13.3. The van der Waals surface area contributed by atoms with Crippen LogP contribution in [-0.4, -0.2) is 44.8 Å². The standard InChI is InChI=1S/C13H16N2O4/c1-8(16)9-6-11(14(2)7-9)12(17)15-5-3-4-10(15)13(18)19/h6-7,10H,3-5H2,1-2H3,(H,18,19). The van der Waals surface area contributed by atoms with E-state index in [-0.39, 0.29) is 11.7 Å². The van der Waals surface area contributed by atoms with E-state index >= 15 is 0 Å². The van der Waals surface area contributed by atoms with Crippen molar-refractivity contribution in [3.63, 3.8) is 0 Å². The maximum Gasteiger partial charge on any atom is 0.326 e. The van der Waals surface area contributed by atoms with E-state index in [9.17, 15) is 14.4 Å². The number of amides is 1. The number of carboxylic acids is 1. The molecule has 1 aromatic heterocycles. The first-order chi connectivity index (χ1) is 8.91. The van der Waals surface area contributed by atoms with Crippen molar-refractivity contribution >= 4 is 17.7 Å². The molecule has 1 amide bonds. The maximum atomic E-state index is 12.3. The number of ketones is 1. The molecule has 1 aliphatic heterocycles. The zero-order valence-corrected chi connectivity index (χ0v) is 10.9. The lowest BCUT2D eigenvalue weighted by Crippen LogP contribution is -2.41. The summed E-state index contributed by atoms with van der Waals surface area (Å²) in [4.78, 5) is 36.1. The number of carbonyl (C=O) groups is 3. The van der Waals surface area contributed by atoms with Gasteiger partial charge in [-0.2, -0.15) is 0 Å². The quantitative estimate of drug-likeness (QED) is 0.823. The van der Waals surface area contributed by atoms with Crippen molar-refractivity contribution in [2.24, 2.45) is 7.05 Å². The Hall–Kier alpha value is -2.11. The molecule has 0 aliphatic carbocycles. The number of Topliss-reactive ketones (excluding diaryl/α,β-unsaturated/α-hetero) is 1. The largest absolute Gasteiger partial charge is 0.480 e. The van der Waals surface area contributed by atoms with Crippen LogP contribution in [0.15, 0.2) is 12.3 Å². The number of likely N-dealkylation sites (tertiary alicyclic amines) is 1. The number of nitrogens with zero attached hydrogens (tertiary/aromatic N) is 2. The number of aromatic nitrogens is 1. The summed E-state index contributed by atoms with van der Waals surface area (Å²) in [5.74, 6) is -1.43. The fraction of sp³-hybridized carbons (Fsp3) is 0.462. The number of aryl methyl sites for hydroxylation is 1. The lowest BCUT2D eigenvalue weighted by atomic mass is 10.2. The number of carbonyl (C=O) groups excluding carboxylic acids is 2. The second-order valence-electron chi connectivity index (χ2n) is 4.78. The van der Waals surface area contributed by atoms with E-state index in [0.717, 1.165) is 0 Å². The van der Waals surface area contributed by atoms with Gasteiger partial charge in [0.1, 0.15) is 11.7 Å². The fourth-order valence-corrected chi connectivity index (χ4v) is 2.38. The van der Waals surface area contributed by atoms with Gasteiger partial charge in [0.2, 0.25) is 0 Å². The Balaban J connectivity index is 2.29. The maximum absolute atomic E-state index is 12.3. The van der Waals surface area contributed by atoms with Gasteiger partial charge in [0.05, 0.1) is 0 Å². The average Bonchev–Trinajstić information content (AvgIpc) is 2.93. The molecule has 1 unspecified atom stereocenters. The molecule has 1 aliphatic rings. The predicted octanol–water partition coefficient (Wildman–Crippen LogP) is 0.917. The number of rotatable bonds is 3. The van der Waals surface area contributed by atoms with E-state index in [1.54, 1.807) is 17.8 Å². The third-order valence-corrected chi connectivity index (χ3v) is 3.43. The molecule has 1 saturated heterocycles. The summed E-state index contributed by atoms with van der Waals surface area (Å²) in [7, 11) is 1.67. The zero-order valence-electron chi connectivity index (χ0n) is 10.9. The summed E-state index contributed by atoms with van der Waals surface area (Å²) in [5.41, 5.74) is 0.801. The molecule has 1 atom stereocenters. The van der Waals surface area contributed by atoms with Gasteiger partial charge >= 0.3 is 5.97 Å². The van der Waals surface area contributed by atoms with Crippen molar-refractivity contribution in [2.45, 2.75) is 25.8 Å². The molecule has 2 rings (SSSR count). The van der Waals surface area contributed by atoms with Crippen LogP contribution >= 0.6 is 0 Å². The minimum absolute atomic E-state index is 0.120. The molecule has 1 aromatic rings. The predicted molar refractivity (Wildman–Crippen MR) is 67.1 cm³/mol. The molecule has 6 heteroatoms. The van der Waals surface area contributed by atoms with Crippen LogP contribution in [0.25, 0.3) is 0 Å². The highest BCUT2D eigenvalue weighted by Crippen LogP contribution is 2.21. The lowest BCUT2D eigenvalue weighted by molar-refractivity contribution is -0.141. The molecule has 0 spiro atoms. The minimum Gasteiger partial charge on any atom is -0.480 e. The van der Waals surface area contributed by atoms with E-state index in [0.29, 0.717) is 30.6 Å². The molecule has 19 heavy (non-hydrogen) atoms. The van der Waals surface area contributed by atoms with Gasteiger partial charge in [-0.1, -0.05) is 0 Å². The number of hydrogen-bond donors (Lipinski definition) is 1. The van der Waals surface area contributed by atoms with Crippen molar-refractivity contribution in [3.8, 4) is 0 Å². The van der Waals surface area contributed by atoms with Crippen molar-refractivity contribution in [1.29, 1.82) is 0 Å². The number of carboxylic acid groups (broad SMARTS) is 1. The van der Waals surface area contributed by atoms with Gasteiger partial charge in [0.25, 0.3) is 5.91 Å². The Morgan fingerprint density at radius 1 is 1.37 bits per heavy atom. The van der Waals surface area contributed by atoms with E-state index in [2.05, 4.69) is 0 Å². The number of aliphatic carboxylic acids is 1. The van der Waals surface area contributed by atoms with Crippen molar-refractivity contribution in [2.75, 3.05) is 6.54 Å². The number of hydrogen-bond acceptors (Lipinski definition) is 3. The minimum atomic E-state index is -0.980. The third kappa shape index (κ3) is 2.38. The molecule has 0 aromatic carbocycles. The Morgan fingerprint density at radius 2 is 2.05 bits per heavy atom. The second kappa shape index (κ2) is 4.87. The summed E-state index contributed by atoms with van der Waals surface area (Å²) in [6.07, 6.45) is 2.75.